The third kappa shape index (κ3) is 5.46. The van der Waals surface area contributed by atoms with Gasteiger partial charge in [-0.05, 0) is 58.6 Å². The summed E-state index contributed by atoms with van der Waals surface area (Å²) in [7, 11) is 0. The molecule has 32 heavy (non-hydrogen) atoms. The molecule has 1 aliphatic rings. The van der Waals surface area contributed by atoms with Crippen molar-refractivity contribution in [3.05, 3.63) is 66.8 Å². The van der Waals surface area contributed by atoms with Gasteiger partial charge in [-0.3, -0.25) is 10.1 Å². The van der Waals surface area contributed by atoms with E-state index in [1.807, 2.05) is 20.8 Å². The van der Waals surface area contributed by atoms with Gasteiger partial charge in [0.1, 0.15) is 0 Å². The maximum atomic E-state index is 12.4. The van der Waals surface area contributed by atoms with Gasteiger partial charge in [-0.25, -0.2) is 9.79 Å². The van der Waals surface area contributed by atoms with Gasteiger partial charge in [0.25, 0.3) is 5.69 Å². The second kappa shape index (κ2) is 10.1. The first-order valence-corrected chi connectivity index (χ1v) is 10.9. The Morgan fingerprint density at radius 3 is 2.69 bits per heavy atom. The van der Waals surface area contributed by atoms with Crippen molar-refractivity contribution >= 4 is 51.2 Å². The smallest absolute Gasteiger partial charge is 0.363 e. The van der Waals surface area contributed by atoms with Crippen molar-refractivity contribution in [1.82, 2.24) is 0 Å². The molecule has 0 atom stereocenters. The van der Waals surface area contributed by atoms with Gasteiger partial charge in [0.15, 0.2) is 17.2 Å². The van der Waals surface area contributed by atoms with Gasteiger partial charge in [-0.1, -0.05) is 25.4 Å². The van der Waals surface area contributed by atoms with Crippen LogP contribution in [0, 0.1) is 16.0 Å². The molecule has 3 rings (SSSR count). The van der Waals surface area contributed by atoms with Crippen molar-refractivity contribution in [2.45, 2.75) is 20.8 Å². The Bertz CT molecular complexity index is 1130. The molecule has 1 heterocycles. The number of hydrogen-bond acceptors (Lipinski definition) is 7. The van der Waals surface area contributed by atoms with Crippen LogP contribution in [-0.4, -0.2) is 30.0 Å². The lowest BCUT2D eigenvalue weighted by atomic mass is 10.1. The predicted molar refractivity (Wildman–Crippen MR) is 124 cm³/mol. The van der Waals surface area contributed by atoms with E-state index in [1.165, 1.54) is 24.3 Å². The number of nitro benzene ring substituents is 1. The molecular weight excluding hydrogens is 504 g/mol. The van der Waals surface area contributed by atoms with E-state index in [-0.39, 0.29) is 27.9 Å². The average Bonchev–Trinajstić information content (AvgIpc) is 3.07. The fourth-order valence-electron chi connectivity index (χ4n) is 2.80. The molecule has 0 saturated carbocycles. The van der Waals surface area contributed by atoms with Crippen LogP contribution in [0.5, 0.6) is 11.5 Å². The molecule has 0 amide bonds. The number of cyclic esters (lactones) is 1. The minimum absolute atomic E-state index is 0.0211. The number of hydrogen-bond donors (Lipinski definition) is 0. The lowest BCUT2D eigenvalue weighted by Gasteiger charge is -2.16. The van der Waals surface area contributed by atoms with E-state index in [1.54, 1.807) is 12.1 Å². The second-order valence-electron chi connectivity index (χ2n) is 7.23. The standard InChI is InChI=1S/C22H20BrClN2O6/c1-4-30-19-9-13(7-16(23)20(19)31-11-12(2)3)8-18-22(27)32-21(25-18)15-10-14(26(28)29)5-6-17(15)24/h5-10,12H,4,11H2,1-3H3/b18-8-. The number of nitrogens with zero attached hydrogens (tertiary/aromatic N) is 2. The number of ether oxygens (including phenoxy) is 3. The molecule has 0 fully saturated rings. The number of benzene rings is 2. The molecule has 0 unspecified atom stereocenters. The molecule has 1 aliphatic heterocycles. The van der Waals surface area contributed by atoms with Gasteiger partial charge in [-0.2, -0.15) is 0 Å². The van der Waals surface area contributed by atoms with Crippen molar-refractivity contribution in [3.8, 4) is 11.5 Å². The van der Waals surface area contributed by atoms with E-state index in [9.17, 15) is 14.9 Å². The third-order valence-corrected chi connectivity index (χ3v) is 5.13. The third-order valence-electron chi connectivity index (χ3n) is 4.21. The van der Waals surface area contributed by atoms with Gasteiger partial charge in [-0.15, -0.1) is 0 Å². The Hall–Kier alpha value is -2.91. The highest BCUT2D eigenvalue weighted by atomic mass is 79.9. The summed E-state index contributed by atoms with van der Waals surface area (Å²) in [5.74, 6) is 0.628. The highest BCUT2D eigenvalue weighted by Crippen LogP contribution is 2.38. The summed E-state index contributed by atoms with van der Waals surface area (Å²) in [6, 6.07) is 7.33. The molecule has 10 heteroatoms. The Morgan fingerprint density at radius 2 is 2.03 bits per heavy atom. The summed E-state index contributed by atoms with van der Waals surface area (Å²) >= 11 is 9.63. The van der Waals surface area contributed by atoms with E-state index >= 15 is 0 Å². The first-order chi connectivity index (χ1) is 15.2. The molecule has 0 radical (unpaired) electrons. The maximum absolute atomic E-state index is 12.4. The van der Waals surface area contributed by atoms with Crippen molar-refractivity contribution in [3.63, 3.8) is 0 Å². The molecule has 0 bridgehead atoms. The number of rotatable bonds is 8. The van der Waals surface area contributed by atoms with Gasteiger partial charge in [0.2, 0.25) is 5.90 Å². The second-order valence-corrected chi connectivity index (χ2v) is 8.49. The number of halogens is 2. The van der Waals surface area contributed by atoms with Crippen LogP contribution in [0.15, 0.2) is 45.5 Å². The van der Waals surface area contributed by atoms with Crippen LogP contribution in [0.3, 0.4) is 0 Å². The molecular formula is C22H20BrClN2O6. The summed E-state index contributed by atoms with van der Waals surface area (Å²) in [5, 5.41) is 11.2. The summed E-state index contributed by atoms with van der Waals surface area (Å²) in [6.07, 6.45) is 1.53. The zero-order chi connectivity index (χ0) is 23.4. The molecule has 8 nitrogen and oxygen atoms in total. The highest BCUT2D eigenvalue weighted by Gasteiger charge is 2.27. The fraction of sp³-hybridized carbons (Fsp3) is 0.273. The van der Waals surface area contributed by atoms with Crippen molar-refractivity contribution in [2.75, 3.05) is 13.2 Å². The zero-order valence-corrected chi connectivity index (χ0v) is 19.9. The SMILES string of the molecule is CCOc1cc(/C=C2\N=C(c3cc([N+](=O)[O-])ccc3Cl)OC2=O)cc(Br)c1OCC(C)C. The predicted octanol–water partition coefficient (Wildman–Crippen LogP) is 5.79. The Morgan fingerprint density at radius 1 is 1.28 bits per heavy atom. The van der Waals surface area contributed by atoms with Crippen molar-refractivity contribution < 1.29 is 23.9 Å². The van der Waals surface area contributed by atoms with E-state index < -0.39 is 10.9 Å². The minimum Gasteiger partial charge on any atom is -0.490 e. The normalized spacial score (nSPS) is 14.5. The lowest BCUT2D eigenvalue weighted by Crippen LogP contribution is -2.07. The van der Waals surface area contributed by atoms with Crippen LogP contribution >= 0.6 is 27.5 Å². The van der Waals surface area contributed by atoms with Crippen LogP contribution in [0.4, 0.5) is 5.69 Å². The highest BCUT2D eigenvalue weighted by molar-refractivity contribution is 9.10. The molecule has 0 aliphatic carbocycles. The monoisotopic (exact) mass is 522 g/mol. The van der Waals surface area contributed by atoms with Crippen molar-refractivity contribution in [2.24, 2.45) is 10.9 Å². The summed E-state index contributed by atoms with van der Waals surface area (Å²) < 4.78 is 17.4. The summed E-state index contributed by atoms with van der Waals surface area (Å²) in [5.41, 5.74) is 0.612. The number of nitro groups is 1. The van der Waals surface area contributed by atoms with Gasteiger partial charge in [0.05, 0.1) is 33.2 Å². The Kier molecular flexibility index (Phi) is 7.52. The van der Waals surface area contributed by atoms with Crippen LogP contribution in [0.25, 0.3) is 6.08 Å². The van der Waals surface area contributed by atoms with Crippen LogP contribution in [-0.2, 0) is 9.53 Å². The molecule has 2 aromatic rings. The first kappa shape index (κ1) is 23.7. The van der Waals surface area contributed by atoms with Gasteiger partial charge >= 0.3 is 5.97 Å². The van der Waals surface area contributed by atoms with Crippen LogP contribution in [0.2, 0.25) is 5.02 Å². The maximum Gasteiger partial charge on any atom is 0.363 e. The summed E-state index contributed by atoms with van der Waals surface area (Å²) in [4.78, 5) is 27.1. The van der Waals surface area contributed by atoms with E-state index in [0.717, 1.165) is 0 Å². The lowest BCUT2D eigenvalue weighted by molar-refractivity contribution is -0.384. The molecule has 168 valence electrons. The Balaban J connectivity index is 1.97. The topological polar surface area (TPSA) is 100 Å². The van der Waals surface area contributed by atoms with Crippen LogP contribution < -0.4 is 9.47 Å². The fourth-order valence-corrected chi connectivity index (χ4v) is 3.57. The number of non-ortho nitro benzene ring substituents is 1. The molecule has 0 N–H and O–H groups in total. The molecule has 0 aromatic heterocycles. The van der Waals surface area contributed by atoms with E-state index in [0.29, 0.717) is 40.7 Å². The van der Waals surface area contributed by atoms with Crippen LogP contribution in [0.1, 0.15) is 31.9 Å². The molecule has 0 spiro atoms. The average molecular weight is 524 g/mol. The quantitative estimate of drug-likeness (QED) is 0.188. The zero-order valence-electron chi connectivity index (χ0n) is 17.6. The van der Waals surface area contributed by atoms with E-state index in [4.69, 9.17) is 25.8 Å². The minimum atomic E-state index is -0.697. The Labute approximate surface area is 198 Å². The number of carbonyl (C=O) groups is 1. The number of aliphatic imine (C=N–C) groups is 1. The van der Waals surface area contributed by atoms with Gasteiger partial charge in [0, 0.05) is 12.1 Å². The largest absolute Gasteiger partial charge is 0.490 e. The number of carbonyl (C=O) groups excluding carboxylic acids is 1. The molecule has 0 saturated heterocycles. The summed E-state index contributed by atoms with van der Waals surface area (Å²) in [6.45, 7) is 6.89. The first-order valence-electron chi connectivity index (χ1n) is 9.75. The molecule has 2 aromatic carbocycles. The van der Waals surface area contributed by atoms with Gasteiger partial charge < -0.3 is 14.2 Å². The number of esters is 1. The van der Waals surface area contributed by atoms with Crippen molar-refractivity contribution in [1.29, 1.82) is 0 Å². The van der Waals surface area contributed by atoms with E-state index in [2.05, 4.69) is 20.9 Å².